The first-order chi connectivity index (χ1) is 9.54. The molecule has 2 aliphatic rings. The Labute approximate surface area is 115 Å². The molecule has 0 aliphatic carbocycles. The number of carbonyl (C=O) groups excluding carboxylic acids is 2. The molecule has 0 aromatic carbocycles. The number of halogens is 2. The zero-order valence-electron chi connectivity index (χ0n) is 11.1. The molecule has 112 valence electrons. The quantitative estimate of drug-likeness (QED) is 0.770. The first-order valence-corrected chi connectivity index (χ1v) is 6.71. The van der Waals surface area contributed by atoms with Gasteiger partial charge in [-0.2, -0.15) is 5.10 Å². The summed E-state index contributed by atoms with van der Waals surface area (Å²) in [6, 6.07) is -0.0169. The standard InChI is InChI=1S/C12H18F2N4O2/c13-10(14)7-18-5-3-8(4-6-18)15-12(20)9-1-2-11(19)17-16-9/h8,10H,1-7H2,(H,15,20)(H,17,19). The Morgan fingerprint density at radius 3 is 2.65 bits per heavy atom. The van der Waals surface area contributed by atoms with Gasteiger partial charge in [0.15, 0.2) is 0 Å². The van der Waals surface area contributed by atoms with Gasteiger partial charge in [0.05, 0.1) is 6.54 Å². The van der Waals surface area contributed by atoms with E-state index >= 15 is 0 Å². The average Bonchev–Trinajstić information content (AvgIpc) is 2.41. The van der Waals surface area contributed by atoms with Crippen LogP contribution in [0.2, 0.25) is 0 Å². The van der Waals surface area contributed by atoms with Crippen molar-refractivity contribution >= 4 is 17.5 Å². The highest BCUT2D eigenvalue weighted by atomic mass is 19.3. The second-order valence-electron chi connectivity index (χ2n) is 5.03. The number of hydrogen-bond acceptors (Lipinski definition) is 4. The van der Waals surface area contributed by atoms with Crippen LogP contribution in [-0.4, -0.2) is 54.5 Å². The molecule has 2 aliphatic heterocycles. The van der Waals surface area contributed by atoms with Crippen LogP contribution in [0, 0.1) is 0 Å². The van der Waals surface area contributed by atoms with Crippen molar-refractivity contribution in [3.8, 4) is 0 Å². The lowest BCUT2D eigenvalue weighted by atomic mass is 10.0. The summed E-state index contributed by atoms with van der Waals surface area (Å²) >= 11 is 0. The molecule has 2 rings (SSSR count). The van der Waals surface area contributed by atoms with Gasteiger partial charge >= 0.3 is 0 Å². The van der Waals surface area contributed by atoms with Gasteiger partial charge in [-0.3, -0.25) is 14.5 Å². The molecule has 0 bridgehead atoms. The van der Waals surface area contributed by atoms with Crippen LogP contribution < -0.4 is 10.7 Å². The number of likely N-dealkylation sites (tertiary alicyclic amines) is 1. The molecule has 2 amide bonds. The predicted molar refractivity (Wildman–Crippen MR) is 68.4 cm³/mol. The summed E-state index contributed by atoms with van der Waals surface area (Å²) in [4.78, 5) is 24.5. The molecule has 8 heteroatoms. The number of alkyl halides is 2. The Bertz CT molecular complexity index is 406. The number of nitrogens with zero attached hydrogens (tertiary/aromatic N) is 2. The van der Waals surface area contributed by atoms with E-state index in [0.29, 0.717) is 38.1 Å². The highest BCUT2D eigenvalue weighted by molar-refractivity contribution is 6.39. The van der Waals surface area contributed by atoms with Crippen molar-refractivity contribution in [2.45, 2.75) is 38.2 Å². The molecule has 2 N–H and O–H groups in total. The van der Waals surface area contributed by atoms with Crippen LogP contribution in [0.15, 0.2) is 5.10 Å². The molecule has 0 unspecified atom stereocenters. The first-order valence-electron chi connectivity index (χ1n) is 6.71. The molecule has 2 heterocycles. The third-order valence-electron chi connectivity index (χ3n) is 3.49. The SMILES string of the molecule is O=C1CCC(C(=O)NC2CCN(CC(F)F)CC2)=NN1. The highest BCUT2D eigenvalue weighted by Gasteiger charge is 2.25. The van der Waals surface area contributed by atoms with E-state index < -0.39 is 6.43 Å². The van der Waals surface area contributed by atoms with Gasteiger partial charge in [-0.05, 0) is 12.8 Å². The summed E-state index contributed by atoms with van der Waals surface area (Å²) in [6.45, 7) is 0.899. The Balaban J connectivity index is 1.75. The normalized spacial score (nSPS) is 21.6. The van der Waals surface area contributed by atoms with Gasteiger partial charge in [-0.1, -0.05) is 0 Å². The van der Waals surface area contributed by atoms with Gasteiger partial charge in [-0.15, -0.1) is 0 Å². The highest BCUT2D eigenvalue weighted by Crippen LogP contribution is 2.12. The number of rotatable bonds is 4. The lowest BCUT2D eigenvalue weighted by Gasteiger charge is -2.32. The lowest BCUT2D eigenvalue weighted by molar-refractivity contribution is -0.121. The minimum atomic E-state index is -2.32. The van der Waals surface area contributed by atoms with Crippen LogP contribution in [0.3, 0.4) is 0 Å². The van der Waals surface area contributed by atoms with Gasteiger partial charge in [0.2, 0.25) is 5.91 Å². The van der Waals surface area contributed by atoms with E-state index in [2.05, 4.69) is 15.8 Å². The molecule has 1 fully saturated rings. The maximum atomic E-state index is 12.2. The Hall–Kier alpha value is -1.57. The van der Waals surface area contributed by atoms with Crippen molar-refractivity contribution < 1.29 is 18.4 Å². The van der Waals surface area contributed by atoms with Crippen LogP contribution >= 0.6 is 0 Å². The van der Waals surface area contributed by atoms with Crippen molar-refractivity contribution in [1.29, 1.82) is 0 Å². The second-order valence-corrected chi connectivity index (χ2v) is 5.03. The molecule has 20 heavy (non-hydrogen) atoms. The number of carbonyl (C=O) groups is 2. The van der Waals surface area contributed by atoms with Crippen molar-refractivity contribution in [2.75, 3.05) is 19.6 Å². The summed E-state index contributed by atoms with van der Waals surface area (Å²) in [6.07, 6.45) is -0.418. The number of amides is 2. The number of hydrazone groups is 1. The summed E-state index contributed by atoms with van der Waals surface area (Å²) in [7, 11) is 0. The molecule has 6 nitrogen and oxygen atoms in total. The van der Waals surface area contributed by atoms with Crippen molar-refractivity contribution in [3.63, 3.8) is 0 Å². The molecule has 0 spiro atoms. The van der Waals surface area contributed by atoms with E-state index in [0.717, 1.165) is 0 Å². The fourth-order valence-electron chi connectivity index (χ4n) is 2.36. The maximum absolute atomic E-state index is 12.2. The Morgan fingerprint density at radius 2 is 2.10 bits per heavy atom. The number of hydrogen-bond donors (Lipinski definition) is 2. The topological polar surface area (TPSA) is 73.8 Å². The summed E-state index contributed by atoms with van der Waals surface area (Å²) in [5.74, 6) is -0.473. The minimum absolute atomic E-state index is 0.0169. The molecule has 0 saturated carbocycles. The predicted octanol–water partition coefficient (Wildman–Crippen LogP) is 0.0981. The monoisotopic (exact) mass is 288 g/mol. The maximum Gasteiger partial charge on any atom is 0.267 e. The molecule has 0 radical (unpaired) electrons. The lowest BCUT2D eigenvalue weighted by Crippen LogP contribution is -2.48. The van der Waals surface area contributed by atoms with E-state index in [1.807, 2.05) is 0 Å². The largest absolute Gasteiger partial charge is 0.348 e. The van der Waals surface area contributed by atoms with Crippen LogP contribution in [0.25, 0.3) is 0 Å². The van der Waals surface area contributed by atoms with Gasteiger partial charge in [0.25, 0.3) is 12.3 Å². The summed E-state index contributed by atoms with van der Waals surface area (Å²) in [5, 5.41) is 6.57. The molecule has 0 atom stereocenters. The molecule has 0 aromatic rings. The van der Waals surface area contributed by atoms with E-state index in [-0.39, 0.29) is 30.8 Å². The fraction of sp³-hybridized carbons (Fsp3) is 0.750. The number of piperidine rings is 1. The van der Waals surface area contributed by atoms with Crippen molar-refractivity contribution in [1.82, 2.24) is 15.6 Å². The third kappa shape index (κ3) is 4.22. The Morgan fingerprint density at radius 1 is 1.40 bits per heavy atom. The molecule has 0 aromatic heterocycles. The van der Waals surface area contributed by atoms with Gasteiger partial charge < -0.3 is 5.32 Å². The smallest absolute Gasteiger partial charge is 0.267 e. The van der Waals surface area contributed by atoms with Crippen LogP contribution in [0.4, 0.5) is 8.78 Å². The van der Waals surface area contributed by atoms with E-state index in [1.54, 1.807) is 4.90 Å². The van der Waals surface area contributed by atoms with Crippen LogP contribution in [0.1, 0.15) is 25.7 Å². The fourth-order valence-corrected chi connectivity index (χ4v) is 2.36. The van der Waals surface area contributed by atoms with Gasteiger partial charge in [-0.25, -0.2) is 14.2 Å². The summed E-state index contributed by atoms with van der Waals surface area (Å²) in [5.41, 5.74) is 2.59. The number of nitrogens with one attached hydrogen (secondary N) is 2. The summed E-state index contributed by atoms with van der Waals surface area (Å²) < 4.78 is 24.5. The van der Waals surface area contributed by atoms with Crippen molar-refractivity contribution in [2.24, 2.45) is 5.10 Å². The van der Waals surface area contributed by atoms with E-state index in [9.17, 15) is 18.4 Å². The minimum Gasteiger partial charge on any atom is -0.348 e. The average molecular weight is 288 g/mol. The molecule has 1 saturated heterocycles. The zero-order chi connectivity index (χ0) is 14.5. The first kappa shape index (κ1) is 14.8. The second kappa shape index (κ2) is 6.74. The molecular formula is C12H18F2N4O2. The zero-order valence-corrected chi connectivity index (χ0v) is 11.1. The van der Waals surface area contributed by atoms with Crippen molar-refractivity contribution in [3.05, 3.63) is 0 Å². The van der Waals surface area contributed by atoms with Crippen LogP contribution in [-0.2, 0) is 9.59 Å². The van der Waals surface area contributed by atoms with Gasteiger partial charge in [0.1, 0.15) is 5.71 Å². The Kier molecular flexibility index (Phi) is 4.99. The van der Waals surface area contributed by atoms with Gasteiger partial charge in [0, 0.05) is 32.0 Å². The molecular weight excluding hydrogens is 270 g/mol. The van der Waals surface area contributed by atoms with Crippen LogP contribution in [0.5, 0.6) is 0 Å². The van der Waals surface area contributed by atoms with E-state index in [1.165, 1.54) is 0 Å². The third-order valence-corrected chi connectivity index (χ3v) is 3.49. The van der Waals surface area contributed by atoms with E-state index in [4.69, 9.17) is 0 Å².